The summed E-state index contributed by atoms with van der Waals surface area (Å²) in [7, 11) is 4.39. The normalized spacial score (nSPS) is 28.0. The van der Waals surface area contributed by atoms with E-state index >= 15 is 0 Å². The fraction of sp³-hybridized carbons (Fsp3) is 0.526. The quantitative estimate of drug-likeness (QED) is 0.645. The van der Waals surface area contributed by atoms with Crippen molar-refractivity contribution >= 4 is 17.7 Å². The maximum atomic E-state index is 12.7. The Bertz CT molecular complexity index is 731. The van der Waals surface area contributed by atoms with E-state index in [1.165, 1.54) is 7.11 Å². The van der Waals surface area contributed by atoms with Gasteiger partial charge in [-0.1, -0.05) is 6.07 Å². The van der Waals surface area contributed by atoms with Crippen molar-refractivity contribution in [3.8, 4) is 11.5 Å². The van der Waals surface area contributed by atoms with Gasteiger partial charge in [0.25, 0.3) is 0 Å². The average Bonchev–Trinajstić information content (AvgIpc) is 2.66. The van der Waals surface area contributed by atoms with Gasteiger partial charge in [-0.3, -0.25) is 14.4 Å². The molecule has 7 heteroatoms. The number of hydrogen-bond acceptors (Lipinski definition) is 6. The second-order valence-corrected chi connectivity index (χ2v) is 6.75. The molecule has 1 aromatic rings. The van der Waals surface area contributed by atoms with Crippen LogP contribution >= 0.6 is 0 Å². The molecule has 3 rings (SSSR count). The molecule has 1 aliphatic carbocycles. The molecule has 4 atom stereocenters. The summed E-state index contributed by atoms with van der Waals surface area (Å²) < 4.78 is 15.3. The Morgan fingerprint density at radius 1 is 1.08 bits per heavy atom. The maximum absolute atomic E-state index is 12.7. The number of methoxy groups -OCH3 is 3. The van der Waals surface area contributed by atoms with Crippen LogP contribution in [0.25, 0.3) is 0 Å². The molecule has 140 valence electrons. The molecule has 2 aliphatic rings. The largest absolute Gasteiger partial charge is 0.493 e. The molecular weight excluding hydrogens is 338 g/mol. The van der Waals surface area contributed by atoms with Gasteiger partial charge in [0, 0.05) is 18.4 Å². The topological polar surface area (TPSA) is 90.9 Å². The van der Waals surface area contributed by atoms with E-state index in [1.807, 2.05) is 18.2 Å². The summed E-state index contributed by atoms with van der Waals surface area (Å²) in [6.45, 7) is 0. The lowest BCUT2D eigenvalue weighted by atomic mass is 9.69. The molecule has 26 heavy (non-hydrogen) atoms. The Kier molecular flexibility index (Phi) is 5.15. The minimum Gasteiger partial charge on any atom is -0.493 e. The predicted molar refractivity (Wildman–Crippen MR) is 92.1 cm³/mol. The van der Waals surface area contributed by atoms with Gasteiger partial charge in [-0.25, -0.2) is 0 Å². The number of benzene rings is 1. The first kappa shape index (κ1) is 18.2. The summed E-state index contributed by atoms with van der Waals surface area (Å²) >= 11 is 0. The van der Waals surface area contributed by atoms with E-state index in [1.54, 1.807) is 14.2 Å². The molecule has 0 aromatic heterocycles. The van der Waals surface area contributed by atoms with Crippen LogP contribution in [0, 0.1) is 11.8 Å². The average molecular weight is 361 g/mol. The van der Waals surface area contributed by atoms with Crippen LogP contribution in [0.4, 0.5) is 0 Å². The van der Waals surface area contributed by atoms with E-state index in [4.69, 9.17) is 9.47 Å². The third-order valence-electron chi connectivity index (χ3n) is 5.38. The summed E-state index contributed by atoms with van der Waals surface area (Å²) in [6.07, 6.45) is 1.24. The van der Waals surface area contributed by atoms with Crippen LogP contribution in [0.1, 0.15) is 30.7 Å². The first-order valence-electron chi connectivity index (χ1n) is 8.61. The molecule has 7 nitrogen and oxygen atoms in total. The highest BCUT2D eigenvalue weighted by atomic mass is 16.5. The first-order valence-corrected chi connectivity index (χ1v) is 8.61. The van der Waals surface area contributed by atoms with Crippen molar-refractivity contribution in [2.45, 2.75) is 31.2 Å². The third kappa shape index (κ3) is 3.25. The number of ketones is 1. The lowest BCUT2D eigenvalue weighted by Crippen LogP contribution is -2.56. The molecular formula is C19H23NO6. The molecule has 0 radical (unpaired) electrons. The summed E-state index contributed by atoms with van der Waals surface area (Å²) in [5, 5.41) is 2.85. The minimum atomic E-state index is -0.900. The molecule has 1 heterocycles. The monoisotopic (exact) mass is 361 g/mol. The van der Waals surface area contributed by atoms with E-state index in [2.05, 4.69) is 10.1 Å². The Labute approximate surface area is 152 Å². The molecule has 1 saturated carbocycles. The Morgan fingerprint density at radius 3 is 2.46 bits per heavy atom. The van der Waals surface area contributed by atoms with Gasteiger partial charge in [0.05, 0.1) is 21.3 Å². The molecule has 1 saturated heterocycles. The SMILES string of the molecule is COC(=O)C1CC2C(=O)CC(c3ccc(OC)c(OC)c3)CC2NC1=O. The van der Waals surface area contributed by atoms with Crippen molar-refractivity contribution in [2.75, 3.05) is 21.3 Å². The van der Waals surface area contributed by atoms with Gasteiger partial charge in [0.2, 0.25) is 5.91 Å². The molecule has 1 amide bonds. The first-order chi connectivity index (χ1) is 12.5. The van der Waals surface area contributed by atoms with Gasteiger partial charge in [-0.2, -0.15) is 0 Å². The van der Waals surface area contributed by atoms with Gasteiger partial charge < -0.3 is 19.5 Å². The summed E-state index contributed by atoms with van der Waals surface area (Å²) in [6, 6.07) is 5.35. The summed E-state index contributed by atoms with van der Waals surface area (Å²) in [5.74, 6) is -0.903. The number of nitrogens with one attached hydrogen (secondary N) is 1. The van der Waals surface area contributed by atoms with Gasteiger partial charge in [0.1, 0.15) is 11.7 Å². The van der Waals surface area contributed by atoms with Crippen LogP contribution < -0.4 is 14.8 Å². The summed E-state index contributed by atoms with van der Waals surface area (Å²) in [5.41, 5.74) is 0.971. The maximum Gasteiger partial charge on any atom is 0.318 e. The number of piperidine rings is 1. The van der Waals surface area contributed by atoms with Crippen LogP contribution in [0.3, 0.4) is 0 Å². The Morgan fingerprint density at radius 2 is 1.81 bits per heavy atom. The van der Waals surface area contributed by atoms with Crippen LogP contribution in [0.15, 0.2) is 18.2 Å². The van der Waals surface area contributed by atoms with Crippen LogP contribution in [0.2, 0.25) is 0 Å². The number of rotatable bonds is 4. The third-order valence-corrected chi connectivity index (χ3v) is 5.38. The number of carbonyl (C=O) groups is 3. The van der Waals surface area contributed by atoms with Crippen molar-refractivity contribution < 1.29 is 28.6 Å². The standard InChI is InChI=1S/C19H23NO6/c1-24-16-5-4-10(8-17(16)25-2)11-6-14-12(15(21)7-11)9-13(18(22)20-14)19(23)26-3/h4-5,8,11-14H,6-7,9H2,1-3H3,(H,20,22). The number of hydrogen-bond donors (Lipinski definition) is 1. The summed E-state index contributed by atoms with van der Waals surface area (Å²) in [4.78, 5) is 36.7. The smallest absolute Gasteiger partial charge is 0.318 e. The highest BCUT2D eigenvalue weighted by molar-refractivity contribution is 6.00. The Balaban J connectivity index is 1.79. The lowest BCUT2D eigenvalue weighted by molar-refractivity contribution is -0.154. The fourth-order valence-electron chi connectivity index (χ4n) is 3.98. The molecule has 4 unspecified atom stereocenters. The second kappa shape index (κ2) is 7.35. The lowest BCUT2D eigenvalue weighted by Gasteiger charge is -2.40. The van der Waals surface area contributed by atoms with Gasteiger partial charge in [-0.15, -0.1) is 0 Å². The Hall–Kier alpha value is -2.57. The van der Waals surface area contributed by atoms with E-state index in [-0.39, 0.29) is 36.0 Å². The van der Waals surface area contributed by atoms with E-state index in [0.717, 1.165) is 5.56 Å². The molecule has 0 bridgehead atoms. The number of carbonyl (C=O) groups excluding carboxylic acids is 3. The van der Waals surface area contributed by atoms with Gasteiger partial charge >= 0.3 is 5.97 Å². The zero-order valence-electron chi connectivity index (χ0n) is 15.1. The zero-order valence-corrected chi connectivity index (χ0v) is 15.1. The number of fused-ring (bicyclic) bond motifs is 1. The molecule has 0 spiro atoms. The molecule has 1 aliphatic heterocycles. The fourth-order valence-corrected chi connectivity index (χ4v) is 3.98. The van der Waals surface area contributed by atoms with Gasteiger partial charge in [-0.05, 0) is 36.5 Å². The number of esters is 1. The minimum absolute atomic E-state index is 0.0152. The van der Waals surface area contributed by atoms with Crippen molar-refractivity contribution in [3.05, 3.63) is 23.8 Å². The molecule has 1 N–H and O–H groups in total. The second-order valence-electron chi connectivity index (χ2n) is 6.75. The molecule has 2 fully saturated rings. The van der Waals surface area contributed by atoms with Crippen molar-refractivity contribution in [1.29, 1.82) is 0 Å². The van der Waals surface area contributed by atoms with Crippen LogP contribution in [-0.4, -0.2) is 45.0 Å². The van der Waals surface area contributed by atoms with E-state index in [9.17, 15) is 14.4 Å². The highest BCUT2D eigenvalue weighted by Crippen LogP contribution is 2.41. The number of amides is 1. The van der Waals surface area contributed by atoms with Crippen molar-refractivity contribution in [3.63, 3.8) is 0 Å². The van der Waals surface area contributed by atoms with Crippen LogP contribution in [-0.2, 0) is 19.1 Å². The highest BCUT2D eigenvalue weighted by Gasteiger charge is 2.46. The number of Topliss-reactive ketones (excluding diaryl/α,β-unsaturated/α-hetero) is 1. The van der Waals surface area contributed by atoms with E-state index in [0.29, 0.717) is 24.3 Å². The predicted octanol–water partition coefficient (Wildman–Crippen LogP) is 1.44. The van der Waals surface area contributed by atoms with E-state index < -0.39 is 11.9 Å². The van der Waals surface area contributed by atoms with Crippen LogP contribution in [0.5, 0.6) is 11.5 Å². The van der Waals surface area contributed by atoms with Gasteiger partial charge in [0.15, 0.2) is 11.5 Å². The number of ether oxygens (including phenoxy) is 3. The van der Waals surface area contributed by atoms with Crippen molar-refractivity contribution in [1.82, 2.24) is 5.32 Å². The zero-order chi connectivity index (χ0) is 18.8. The molecule has 1 aromatic carbocycles. The van der Waals surface area contributed by atoms with Crippen molar-refractivity contribution in [2.24, 2.45) is 11.8 Å².